The van der Waals surface area contributed by atoms with Crippen LogP contribution in [-0.4, -0.2) is 48.1 Å². The van der Waals surface area contributed by atoms with Crippen LogP contribution in [0.4, 0.5) is 17.2 Å². The SMILES string of the molecule is CN1CCN(c2ccc(Br)cc2-c2nc(N)c(N)c(Cl)n2)CC1. The Balaban J connectivity index is 2.06. The molecule has 1 aromatic heterocycles. The van der Waals surface area contributed by atoms with Crippen LogP contribution in [0.1, 0.15) is 0 Å². The number of benzene rings is 1. The number of likely N-dealkylation sites (N-methyl/N-ethyl adjacent to an activating group) is 1. The average Bonchev–Trinajstić information content (AvgIpc) is 2.53. The third-order valence-corrected chi connectivity index (χ3v) is 4.75. The van der Waals surface area contributed by atoms with E-state index in [1.807, 2.05) is 12.1 Å². The molecule has 3 rings (SSSR count). The second-order valence-corrected chi connectivity index (χ2v) is 6.86. The largest absolute Gasteiger partial charge is 0.393 e. The summed E-state index contributed by atoms with van der Waals surface area (Å²) in [6, 6.07) is 6.06. The second-order valence-electron chi connectivity index (χ2n) is 5.59. The molecular weight excluding hydrogens is 380 g/mol. The Bertz CT molecular complexity index is 707. The van der Waals surface area contributed by atoms with E-state index in [1.165, 1.54) is 0 Å². The van der Waals surface area contributed by atoms with Gasteiger partial charge in [-0.15, -0.1) is 0 Å². The molecule has 2 heterocycles. The number of rotatable bonds is 2. The topological polar surface area (TPSA) is 84.3 Å². The summed E-state index contributed by atoms with van der Waals surface area (Å²) in [5, 5.41) is 0.178. The first-order valence-electron chi connectivity index (χ1n) is 7.27. The highest BCUT2D eigenvalue weighted by Crippen LogP contribution is 2.34. The number of nitrogens with two attached hydrogens (primary N) is 2. The van der Waals surface area contributed by atoms with E-state index in [9.17, 15) is 0 Å². The highest BCUT2D eigenvalue weighted by molar-refractivity contribution is 9.10. The van der Waals surface area contributed by atoms with Gasteiger partial charge in [-0.2, -0.15) is 0 Å². The van der Waals surface area contributed by atoms with Gasteiger partial charge < -0.3 is 21.3 Å². The molecule has 0 bridgehead atoms. The molecule has 1 saturated heterocycles. The Kier molecular flexibility index (Phi) is 4.61. The highest BCUT2D eigenvalue weighted by atomic mass is 79.9. The average molecular weight is 398 g/mol. The summed E-state index contributed by atoms with van der Waals surface area (Å²) in [7, 11) is 2.13. The minimum Gasteiger partial charge on any atom is -0.393 e. The Morgan fingerprint density at radius 3 is 2.48 bits per heavy atom. The first-order valence-corrected chi connectivity index (χ1v) is 8.44. The lowest BCUT2D eigenvalue weighted by Crippen LogP contribution is -2.44. The molecule has 0 amide bonds. The fourth-order valence-corrected chi connectivity index (χ4v) is 3.13. The molecule has 0 aliphatic carbocycles. The Hall–Kier alpha value is -1.57. The van der Waals surface area contributed by atoms with Gasteiger partial charge in [0.15, 0.2) is 16.8 Å². The number of anilines is 3. The molecule has 6 nitrogen and oxygen atoms in total. The Morgan fingerprint density at radius 2 is 1.83 bits per heavy atom. The monoisotopic (exact) mass is 396 g/mol. The van der Waals surface area contributed by atoms with E-state index in [2.05, 4.69) is 48.8 Å². The Labute approximate surface area is 148 Å². The van der Waals surface area contributed by atoms with Gasteiger partial charge in [0.05, 0.1) is 0 Å². The van der Waals surface area contributed by atoms with Crippen LogP contribution in [0.3, 0.4) is 0 Å². The van der Waals surface area contributed by atoms with Crippen LogP contribution in [-0.2, 0) is 0 Å². The van der Waals surface area contributed by atoms with Crippen LogP contribution in [0.15, 0.2) is 22.7 Å². The van der Waals surface area contributed by atoms with Crippen molar-refractivity contribution in [3.63, 3.8) is 0 Å². The molecule has 0 saturated carbocycles. The summed E-state index contributed by atoms with van der Waals surface area (Å²) < 4.78 is 0.945. The molecule has 2 aromatic rings. The molecule has 0 radical (unpaired) electrons. The van der Waals surface area contributed by atoms with Crippen LogP contribution in [0.25, 0.3) is 11.4 Å². The normalized spacial score (nSPS) is 15.9. The summed E-state index contributed by atoms with van der Waals surface area (Å²) in [5.74, 6) is 0.682. The van der Waals surface area contributed by atoms with E-state index >= 15 is 0 Å². The van der Waals surface area contributed by atoms with E-state index in [1.54, 1.807) is 0 Å². The van der Waals surface area contributed by atoms with Crippen molar-refractivity contribution in [3.05, 3.63) is 27.8 Å². The highest BCUT2D eigenvalue weighted by Gasteiger charge is 2.20. The zero-order valence-electron chi connectivity index (χ0n) is 12.8. The van der Waals surface area contributed by atoms with Gasteiger partial charge in [0, 0.05) is 41.9 Å². The fourth-order valence-electron chi connectivity index (χ4n) is 2.59. The van der Waals surface area contributed by atoms with Crippen molar-refractivity contribution in [1.29, 1.82) is 0 Å². The number of piperazine rings is 1. The zero-order valence-corrected chi connectivity index (χ0v) is 15.1. The predicted octanol–water partition coefficient (Wildman–Crippen LogP) is 2.48. The first-order chi connectivity index (χ1) is 11.0. The van der Waals surface area contributed by atoms with Crippen molar-refractivity contribution < 1.29 is 0 Å². The second kappa shape index (κ2) is 6.51. The quantitative estimate of drug-likeness (QED) is 0.757. The first kappa shape index (κ1) is 16.3. The molecule has 122 valence electrons. The maximum Gasteiger partial charge on any atom is 0.165 e. The predicted molar refractivity (Wildman–Crippen MR) is 98.7 cm³/mol. The van der Waals surface area contributed by atoms with Crippen molar-refractivity contribution in [2.24, 2.45) is 0 Å². The molecule has 8 heteroatoms. The number of hydrogen-bond acceptors (Lipinski definition) is 6. The van der Waals surface area contributed by atoms with Gasteiger partial charge in [-0.3, -0.25) is 0 Å². The third kappa shape index (κ3) is 3.36. The van der Waals surface area contributed by atoms with Crippen LogP contribution in [0.5, 0.6) is 0 Å². The lowest BCUT2D eigenvalue weighted by Gasteiger charge is -2.35. The van der Waals surface area contributed by atoms with Crippen molar-refractivity contribution in [2.45, 2.75) is 0 Å². The molecule has 0 unspecified atom stereocenters. The van der Waals surface area contributed by atoms with Crippen molar-refractivity contribution in [2.75, 3.05) is 49.6 Å². The van der Waals surface area contributed by atoms with Crippen LogP contribution in [0, 0.1) is 0 Å². The van der Waals surface area contributed by atoms with E-state index in [0.717, 1.165) is 41.9 Å². The molecule has 0 spiro atoms. The van der Waals surface area contributed by atoms with Crippen LogP contribution in [0.2, 0.25) is 5.15 Å². The standard InChI is InChI=1S/C15H18BrClN6/c1-22-4-6-23(7-5-22)11-3-2-9(16)8-10(11)15-20-13(17)12(18)14(19)21-15/h2-3,8H,4-7,18H2,1H3,(H2,19,20,21). The summed E-state index contributed by atoms with van der Waals surface area (Å²) in [4.78, 5) is 13.3. The van der Waals surface area contributed by atoms with Gasteiger partial charge in [-0.25, -0.2) is 9.97 Å². The lowest BCUT2D eigenvalue weighted by molar-refractivity contribution is 0.313. The molecule has 4 N–H and O–H groups in total. The summed E-state index contributed by atoms with van der Waals surface area (Å²) >= 11 is 9.59. The fraction of sp³-hybridized carbons (Fsp3) is 0.333. The third-order valence-electron chi connectivity index (χ3n) is 3.97. The minimum atomic E-state index is 0.178. The summed E-state index contributed by atoms with van der Waals surface area (Å²) in [5.41, 5.74) is 13.8. The maximum absolute atomic E-state index is 6.08. The molecule has 23 heavy (non-hydrogen) atoms. The number of nitrogens with zero attached hydrogens (tertiary/aromatic N) is 4. The number of nitrogen functional groups attached to an aromatic ring is 2. The molecule has 0 atom stereocenters. The zero-order chi connectivity index (χ0) is 16.6. The molecule has 1 fully saturated rings. The van der Waals surface area contributed by atoms with Gasteiger partial charge in [-0.1, -0.05) is 27.5 Å². The number of halogens is 2. The number of hydrogen-bond donors (Lipinski definition) is 2. The maximum atomic E-state index is 6.08. The smallest absolute Gasteiger partial charge is 0.165 e. The molecule has 1 aliphatic heterocycles. The molecular formula is C15H18BrClN6. The van der Waals surface area contributed by atoms with E-state index < -0.39 is 0 Å². The molecule has 1 aliphatic rings. The van der Waals surface area contributed by atoms with Crippen LogP contribution >= 0.6 is 27.5 Å². The van der Waals surface area contributed by atoms with Crippen molar-refractivity contribution in [1.82, 2.24) is 14.9 Å². The molecule has 1 aromatic carbocycles. The van der Waals surface area contributed by atoms with Crippen LogP contribution < -0.4 is 16.4 Å². The Morgan fingerprint density at radius 1 is 1.13 bits per heavy atom. The van der Waals surface area contributed by atoms with Crippen molar-refractivity contribution in [3.8, 4) is 11.4 Å². The van der Waals surface area contributed by atoms with Gasteiger partial charge in [-0.05, 0) is 25.2 Å². The van der Waals surface area contributed by atoms with E-state index in [-0.39, 0.29) is 16.7 Å². The lowest BCUT2D eigenvalue weighted by atomic mass is 10.1. The summed E-state index contributed by atoms with van der Waals surface area (Å²) in [6.07, 6.45) is 0. The van der Waals surface area contributed by atoms with E-state index in [4.69, 9.17) is 23.1 Å². The van der Waals surface area contributed by atoms with Gasteiger partial charge in [0.1, 0.15) is 5.69 Å². The number of aromatic nitrogens is 2. The van der Waals surface area contributed by atoms with Gasteiger partial charge >= 0.3 is 0 Å². The minimum absolute atomic E-state index is 0.178. The van der Waals surface area contributed by atoms with Crippen molar-refractivity contribution >= 4 is 44.7 Å². The van der Waals surface area contributed by atoms with E-state index in [0.29, 0.717) is 5.82 Å². The van der Waals surface area contributed by atoms with Gasteiger partial charge in [0.25, 0.3) is 0 Å². The van der Waals surface area contributed by atoms with Gasteiger partial charge in [0.2, 0.25) is 0 Å². The summed E-state index contributed by atoms with van der Waals surface area (Å²) in [6.45, 7) is 3.93.